The summed E-state index contributed by atoms with van der Waals surface area (Å²) >= 11 is 0. The molecule has 5 unspecified atom stereocenters. The Kier molecular flexibility index (Phi) is 81.9. The van der Waals surface area contributed by atoms with Crippen molar-refractivity contribution in [3.8, 4) is 0 Å². The number of esters is 3. The first kappa shape index (κ1) is 108. The predicted molar refractivity (Wildman–Crippen MR) is 472 cm³/mol. The zero-order valence-corrected chi connectivity index (χ0v) is 72.5. The molecule has 0 saturated heterocycles. The first-order chi connectivity index (χ1) is 55.2. The van der Waals surface area contributed by atoms with E-state index < -0.39 is 91.5 Å². The number of hydrogen-bond donors (Lipinski definition) is 4. The van der Waals surface area contributed by atoms with Crippen LogP contribution in [0.5, 0.6) is 0 Å². The molecule has 0 rings (SSSR count). The zero-order valence-electron chi connectivity index (χ0n) is 70.7. The van der Waals surface area contributed by atoms with Gasteiger partial charge in [0.1, 0.15) is 25.4 Å². The van der Waals surface area contributed by atoms with Crippen LogP contribution in [-0.4, -0.2) is 95.9 Å². The second-order valence-corrected chi connectivity index (χ2v) is 31.8. The first-order valence-corrected chi connectivity index (χ1v) is 47.1. The topological polar surface area (TPSA) is 231 Å². The molecule has 644 valence electrons. The van der Waals surface area contributed by atoms with Crippen LogP contribution in [-0.2, 0) is 55.8 Å². The number of ether oxygens (including phenoxy) is 3. The molecule has 113 heavy (non-hydrogen) atoms. The standard InChI is InChI=1S/C95H158O16P2/c1-4-7-10-13-16-19-22-25-28-31-33-35-37-39-41-42-43-44-45-46-48-50-51-53-55-58-60-63-66-69-72-75-78-81-93(98)105-84-90(96)85-107-112(101,102)108-86-91(97)87-109-113(103,104)110-89-92(111-95(100)83-80-77-74-71-68-65-62-57-30-27-24-21-18-15-12-9-6-3)88-106-94(99)82-79-76-73-70-67-64-61-59-56-54-52-49-47-40-38-36-34-32-29-26-23-20-17-14-11-8-5-2/h8-9,11-12,16-21,25-30,33-36,39-41,47,52,54,62,65,71,74,90-92,96-97H,4-7,10,13-15,22-24,31-32,37-38,42-46,48-51,53,55-61,63-64,66-70,72-73,75-89H2,1-3H3,(H,101,102)(H,103,104)/b11-8-,12-9-,19-16-,20-17-,21-18-,28-25-,29-26-,30-27-,35-33-,36-34-,41-39-,47-40-,54-52-,65-62-,74-71-. The Labute approximate surface area is 687 Å². The Balaban J connectivity index is 4.55. The molecule has 0 aromatic rings. The second-order valence-electron chi connectivity index (χ2n) is 28.9. The minimum Gasteiger partial charge on any atom is -0.463 e. The molecule has 4 N–H and O–H groups in total. The highest BCUT2D eigenvalue weighted by Gasteiger charge is 2.29. The minimum absolute atomic E-state index is 0.0181. The van der Waals surface area contributed by atoms with Crippen LogP contribution in [0.1, 0.15) is 342 Å². The average molecular weight is 1620 g/mol. The molecule has 0 aromatic heterocycles. The molecule has 0 heterocycles. The fourth-order valence-corrected chi connectivity index (χ4v) is 13.1. The van der Waals surface area contributed by atoms with Gasteiger partial charge in [-0.2, -0.15) is 0 Å². The third-order valence-electron chi connectivity index (χ3n) is 18.1. The van der Waals surface area contributed by atoms with Gasteiger partial charge >= 0.3 is 33.6 Å². The van der Waals surface area contributed by atoms with E-state index in [-0.39, 0.29) is 19.3 Å². The van der Waals surface area contributed by atoms with Gasteiger partial charge in [0.05, 0.1) is 26.4 Å². The van der Waals surface area contributed by atoms with E-state index in [1.165, 1.54) is 122 Å². The maximum atomic E-state index is 13.0. The largest absolute Gasteiger partial charge is 0.472 e. The summed E-state index contributed by atoms with van der Waals surface area (Å²) in [4.78, 5) is 58.8. The maximum absolute atomic E-state index is 13.0. The molecule has 0 spiro atoms. The van der Waals surface area contributed by atoms with Crippen LogP contribution < -0.4 is 0 Å². The van der Waals surface area contributed by atoms with Crippen molar-refractivity contribution >= 4 is 33.6 Å². The number of phosphoric ester groups is 2. The van der Waals surface area contributed by atoms with Crippen LogP contribution in [0.4, 0.5) is 0 Å². The Morgan fingerprint density at radius 3 is 0.770 bits per heavy atom. The van der Waals surface area contributed by atoms with E-state index in [2.05, 4.69) is 191 Å². The van der Waals surface area contributed by atoms with E-state index in [1.807, 2.05) is 12.2 Å². The van der Waals surface area contributed by atoms with E-state index in [4.69, 9.17) is 32.3 Å². The predicted octanol–water partition coefficient (Wildman–Crippen LogP) is 26.9. The number of aliphatic hydroxyl groups is 2. The van der Waals surface area contributed by atoms with Gasteiger partial charge in [-0.1, -0.05) is 351 Å². The first-order valence-electron chi connectivity index (χ1n) is 44.1. The number of allylic oxidation sites excluding steroid dienone is 30. The van der Waals surface area contributed by atoms with Crippen LogP contribution in [0.2, 0.25) is 0 Å². The van der Waals surface area contributed by atoms with Crippen molar-refractivity contribution in [2.45, 2.75) is 360 Å². The lowest BCUT2D eigenvalue weighted by atomic mass is 10.0. The monoisotopic (exact) mass is 1620 g/mol. The van der Waals surface area contributed by atoms with Crippen LogP contribution in [0.3, 0.4) is 0 Å². The van der Waals surface area contributed by atoms with Gasteiger partial charge in [0.25, 0.3) is 0 Å². The molecular formula is C95H158O16P2. The Hall–Kier alpha value is -5.35. The highest BCUT2D eigenvalue weighted by atomic mass is 31.2. The summed E-state index contributed by atoms with van der Waals surface area (Å²) in [7, 11) is -9.83. The summed E-state index contributed by atoms with van der Waals surface area (Å²) in [6, 6.07) is 0. The zero-order chi connectivity index (χ0) is 82.2. The molecule has 0 saturated carbocycles. The van der Waals surface area contributed by atoms with Gasteiger partial charge in [-0.05, 0) is 154 Å². The minimum atomic E-state index is -4.96. The third kappa shape index (κ3) is 87.3. The molecule has 0 bridgehead atoms. The molecule has 5 atom stereocenters. The van der Waals surface area contributed by atoms with Gasteiger partial charge in [-0.3, -0.25) is 32.5 Å². The van der Waals surface area contributed by atoms with Gasteiger partial charge in [0.15, 0.2) is 6.10 Å². The van der Waals surface area contributed by atoms with Gasteiger partial charge in [0.2, 0.25) is 0 Å². The summed E-state index contributed by atoms with van der Waals surface area (Å²) in [5.41, 5.74) is 0. The molecular weight excluding hydrogens is 1460 g/mol. The normalized spacial score (nSPS) is 14.7. The summed E-state index contributed by atoms with van der Waals surface area (Å²) in [6.45, 7) is 2.36. The lowest BCUT2D eigenvalue weighted by molar-refractivity contribution is -0.161. The van der Waals surface area contributed by atoms with Crippen molar-refractivity contribution in [3.63, 3.8) is 0 Å². The molecule has 0 fully saturated rings. The molecule has 0 amide bonds. The molecule has 0 aromatic carbocycles. The van der Waals surface area contributed by atoms with E-state index in [9.17, 15) is 43.5 Å². The van der Waals surface area contributed by atoms with Crippen molar-refractivity contribution in [3.05, 3.63) is 182 Å². The van der Waals surface area contributed by atoms with E-state index in [0.717, 1.165) is 154 Å². The summed E-state index contributed by atoms with van der Waals surface area (Å²) in [5.74, 6) is -1.66. The van der Waals surface area contributed by atoms with Gasteiger partial charge < -0.3 is 34.2 Å². The molecule has 0 radical (unpaired) electrons. The van der Waals surface area contributed by atoms with E-state index in [1.54, 1.807) is 0 Å². The quantitative estimate of drug-likeness (QED) is 0.0146. The molecule has 0 aliphatic carbocycles. The van der Waals surface area contributed by atoms with Crippen molar-refractivity contribution in [1.29, 1.82) is 0 Å². The van der Waals surface area contributed by atoms with E-state index >= 15 is 0 Å². The van der Waals surface area contributed by atoms with Crippen LogP contribution >= 0.6 is 15.6 Å². The van der Waals surface area contributed by atoms with Gasteiger partial charge in [0, 0.05) is 19.3 Å². The number of carbonyl (C=O) groups is 3. The van der Waals surface area contributed by atoms with Crippen molar-refractivity contribution in [2.24, 2.45) is 0 Å². The third-order valence-corrected chi connectivity index (χ3v) is 20.0. The van der Waals surface area contributed by atoms with Gasteiger partial charge in [-0.25, -0.2) is 9.13 Å². The highest BCUT2D eigenvalue weighted by Crippen LogP contribution is 2.45. The number of hydrogen-bond acceptors (Lipinski definition) is 14. The lowest BCUT2D eigenvalue weighted by Crippen LogP contribution is -2.30. The number of aliphatic hydroxyl groups excluding tert-OH is 2. The Bertz CT molecular complexity index is 2780. The molecule has 0 aliphatic heterocycles. The van der Waals surface area contributed by atoms with Crippen LogP contribution in [0, 0.1) is 0 Å². The fraction of sp³-hybridized carbons (Fsp3) is 0.653. The second kappa shape index (κ2) is 86.0. The Morgan fingerprint density at radius 2 is 0.478 bits per heavy atom. The number of phosphoric acid groups is 2. The number of unbranched alkanes of at least 4 members (excludes halogenated alkanes) is 29. The average Bonchev–Trinajstić information content (AvgIpc) is 0.897. The lowest BCUT2D eigenvalue weighted by Gasteiger charge is -2.21. The fourth-order valence-electron chi connectivity index (χ4n) is 11.5. The molecule has 18 heteroatoms. The maximum Gasteiger partial charge on any atom is 0.472 e. The van der Waals surface area contributed by atoms with Crippen LogP contribution in [0.15, 0.2) is 182 Å². The summed E-state index contributed by atoms with van der Waals surface area (Å²) < 4.78 is 61.3. The highest BCUT2D eigenvalue weighted by molar-refractivity contribution is 7.47. The summed E-state index contributed by atoms with van der Waals surface area (Å²) in [6.07, 6.45) is 112. The van der Waals surface area contributed by atoms with Gasteiger partial charge in [-0.15, -0.1) is 0 Å². The van der Waals surface area contributed by atoms with Crippen molar-refractivity contribution < 1.29 is 75.8 Å². The van der Waals surface area contributed by atoms with Crippen molar-refractivity contribution in [2.75, 3.05) is 39.6 Å². The summed E-state index contributed by atoms with van der Waals surface area (Å²) in [5, 5.41) is 20.7. The number of rotatable bonds is 82. The number of carbonyl (C=O) groups excluding carboxylic acids is 3. The van der Waals surface area contributed by atoms with Crippen LogP contribution in [0.25, 0.3) is 0 Å². The smallest absolute Gasteiger partial charge is 0.463 e. The van der Waals surface area contributed by atoms with E-state index in [0.29, 0.717) is 25.7 Å². The SMILES string of the molecule is CC/C=C\C/C=C\C/C=C\C/C=C\C/C=C\C/C=C\CCCCCCCCCCC(=O)OCC(COP(=O)(O)OCC(O)COP(=O)(O)OCC(O)COC(=O)CCCCCCCCCCCCCCCCCCC/C=C\C/C=C\C/C=C\C/C=C\CCCCC)OC(=O)CCC/C=C\C/C=C\C/C=C\C/C=C\C/C=C\CC. The molecule has 16 nitrogen and oxygen atoms in total. The van der Waals surface area contributed by atoms with Crippen molar-refractivity contribution in [1.82, 2.24) is 0 Å². The Morgan fingerprint density at radius 1 is 0.257 bits per heavy atom. The molecule has 0 aliphatic rings.